The molecule has 112 valence electrons. The van der Waals surface area contributed by atoms with Gasteiger partial charge in [-0.05, 0) is 48.0 Å². The van der Waals surface area contributed by atoms with Gasteiger partial charge in [-0.15, -0.1) is 13.2 Å². The van der Waals surface area contributed by atoms with E-state index in [2.05, 4.69) is 26.0 Å². The van der Waals surface area contributed by atoms with E-state index in [4.69, 9.17) is 4.74 Å². The minimum atomic E-state index is -4.77. The molecule has 0 fully saturated rings. The Kier molecular flexibility index (Phi) is 5.82. The summed E-state index contributed by atoms with van der Waals surface area (Å²) in [6.07, 6.45) is -4.85. The lowest BCUT2D eigenvalue weighted by Crippen LogP contribution is -2.21. The van der Waals surface area contributed by atoms with Crippen LogP contribution in [0.5, 0.6) is 5.75 Å². The van der Waals surface area contributed by atoms with E-state index in [1.807, 2.05) is 0 Å². The molecule has 0 aliphatic carbocycles. The van der Waals surface area contributed by atoms with Crippen LogP contribution in [0.4, 0.5) is 18.9 Å². The third-order valence-electron chi connectivity index (χ3n) is 1.99. The molecule has 1 N–H and O–H groups in total. The van der Waals surface area contributed by atoms with Gasteiger partial charge >= 0.3 is 6.36 Å². The predicted molar refractivity (Wildman–Crippen MR) is 70.5 cm³/mol. The van der Waals surface area contributed by atoms with E-state index >= 15 is 0 Å². The lowest BCUT2D eigenvalue weighted by Gasteiger charge is -2.12. The van der Waals surface area contributed by atoms with E-state index in [1.54, 1.807) is 13.8 Å². The first kappa shape index (κ1) is 16.8. The summed E-state index contributed by atoms with van der Waals surface area (Å²) >= 11 is 2.94. The molecule has 8 heteroatoms. The number of benzene rings is 1. The van der Waals surface area contributed by atoms with Gasteiger partial charge < -0.3 is 14.8 Å². The molecule has 0 atom stereocenters. The molecule has 0 aliphatic heterocycles. The van der Waals surface area contributed by atoms with E-state index in [1.165, 1.54) is 12.1 Å². The Morgan fingerprint density at radius 2 is 2.05 bits per heavy atom. The molecule has 0 saturated carbocycles. The number of carbonyl (C=O) groups excluding carboxylic acids is 1. The average molecular weight is 356 g/mol. The van der Waals surface area contributed by atoms with Crippen molar-refractivity contribution in [3.63, 3.8) is 0 Å². The average Bonchev–Trinajstić information content (AvgIpc) is 2.28. The molecule has 0 aliphatic rings. The second-order valence-corrected chi connectivity index (χ2v) is 4.96. The molecule has 0 saturated heterocycles. The zero-order chi connectivity index (χ0) is 15.3. The molecule has 0 radical (unpaired) electrons. The number of rotatable bonds is 5. The van der Waals surface area contributed by atoms with Crippen molar-refractivity contribution < 1.29 is 27.4 Å². The number of nitrogens with one attached hydrogen (secondary N) is 1. The molecule has 0 heterocycles. The molecular weight excluding hydrogens is 343 g/mol. The summed E-state index contributed by atoms with van der Waals surface area (Å²) in [5.41, 5.74) is 0.337. The van der Waals surface area contributed by atoms with Crippen LogP contribution >= 0.6 is 15.9 Å². The van der Waals surface area contributed by atoms with Crippen molar-refractivity contribution >= 4 is 27.5 Å². The Morgan fingerprint density at radius 3 is 2.55 bits per heavy atom. The Morgan fingerprint density at radius 1 is 1.40 bits per heavy atom. The molecule has 0 bridgehead atoms. The van der Waals surface area contributed by atoms with Gasteiger partial charge in [-0.2, -0.15) is 0 Å². The van der Waals surface area contributed by atoms with E-state index in [0.29, 0.717) is 5.69 Å². The van der Waals surface area contributed by atoms with Crippen LogP contribution in [0.15, 0.2) is 22.7 Å². The van der Waals surface area contributed by atoms with Gasteiger partial charge in [0, 0.05) is 5.69 Å². The van der Waals surface area contributed by atoms with Gasteiger partial charge in [0.25, 0.3) is 0 Å². The van der Waals surface area contributed by atoms with Gasteiger partial charge in [0.05, 0.1) is 10.6 Å². The summed E-state index contributed by atoms with van der Waals surface area (Å²) in [5.74, 6) is -0.774. The first-order valence-corrected chi connectivity index (χ1v) is 6.43. The van der Waals surface area contributed by atoms with Crippen molar-refractivity contribution in [2.75, 3.05) is 11.9 Å². The highest BCUT2D eigenvalue weighted by atomic mass is 79.9. The molecule has 0 spiro atoms. The fraction of sp³-hybridized carbons (Fsp3) is 0.417. The standard InChI is InChI=1S/C12H13BrF3NO3/c1-7(2)19-6-11(18)17-8-3-4-10(9(13)5-8)20-12(14,15)16/h3-5,7H,6H2,1-2H3,(H,17,18). The zero-order valence-corrected chi connectivity index (χ0v) is 12.3. The zero-order valence-electron chi connectivity index (χ0n) is 10.8. The lowest BCUT2D eigenvalue weighted by atomic mass is 10.3. The van der Waals surface area contributed by atoms with Crippen LogP contribution in [0.2, 0.25) is 0 Å². The number of amides is 1. The Hall–Kier alpha value is -1.28. The Labute approximate surface area is 122 Å². The van der Waals surface area contributed by atoms with E-state index < -0.39 is 12.3 Å². The maximum Gasteiger partial charge on any atom is 0.573 e. The van der Waals surface area contributed by atoms with Crippen LogP contribution < -0.4 is 10.1 Å². The predicted octanol–water partition coefficient (Wildman–Crippen LogP) is 3.71. The summed E-state index contributed by atoms with van der Waals surface area (Å²) in [7, 11) is 0. The molecule has 1 aromatic rings. The molecule has 4 nitrogen and oxygen atoms in total. The SMILES string of the molecule is CC(C)OCC(=O)Nc1ccc(OC(F)(F)F)c(Br)c1. The second kappa shape index (κ2) is 6.94. The van der Waals surface area contributed by atoms with Gasteiger partial charge in [0.1, 0.15) is 12.4 Å². The third-order valence-corrected chi connectivity index (χ3v) is 2.61. The Balaban J connectivity index is 2.65. The normalized spacial score (nSPS) is 11.6. The van der Waals surface area contributed by atoms with Crippen LogP contribution in [0.3, 0.4) is 0 Å². The quantitative estimate of drug-likeness (QED) is 0.875. The molecule has 0 unspecified atom stereocenters. The minimum Gasteiger partial charge on any atom is -0.405 e. The van der Waals surface area contributed by atoms with Crippen molar-refractivity contribution in [2.24, 2.45) is 0 Å². The summed E-state index contributed by atoms with van der Waals surface area (Å²) in [6, 6.07) is 3.73. The van der Waals surface area contributed by atoms with Crippen molar-refractivity contribution in [3.8, 4) is 5.75 Å². The second-order valence-electron chi connectivity index (χ2n) is 4.10. The van der Waals surface area contributed by atoms with Crippen molar-refractivity contribution in [1.29, 1.82) is 0 Å². The minimum absolute atomic E-state index is 0.0809. The highest BCUT2D eigenvalue weighted by molar-refractivity contribution is 9.10. The molecule has 1 amide bonds. The van der Waals surface area contributed by atoms with Gasteiger partial charge in [-0.1, -0.05) is 0 Å². The fourth-order valence-electron chi connectivity index (χ4n) is 1.23. The summed E-state index contributed by atoms with van der Waals surface area (Å²) in [6.45, 7) is 3.44. The monoisotopic (exact) mass is 355 g/mol. The molecule has 0 aromatic heterocycles. The van der Waals surface area contributed by atoms with Gasteiger partial charge in [-0.25, -0.2) is 0 Å². The van der Waals surface area contributed by atoms with Crippen LogP contribution in [0.1, 0.15) is 13.8 Å². The highest BCUT2D eigenvalue weighted by Crippen LogP contribution is 2.32. The maximum atomic E-state index is 12.1. The first-order valence-electron chi connectivity index (χ1n) is 5.64. The third kappa shape index (κ3) is 6.25. The molecular formula is C12H13BrF3NO3. The molecule has 1 rings (SSSR count). The van der Waals surface area contributed by atoms with Crippen LogP contribution in [-0.2, 0) is 9.53 Å². The smallest absolute Gasteiger partial charge is 0.405 e. The molecule has 1 aromatic carbocycles. The van der Waals surface area contributed by atoms with E-state index in [-0.39, 0.29) is 22.9 Å². The summed E-state index contributed by atoms with van der Waals surface area (Å²) < 4.78 is 45.2. The largest absolute Gasteiger partial charge is 0.573 e. The number of ether oxygens (including phenoxy) is 2. The number of hydrogen-bond acceptors (Lipinski definition) is 3. The Bertz CT molecular complexity index is 478. The number of hydrogen-bond donors (Lipinski definition) is 1. The molecule has 20 heavy (non-hydrogen) atoms. The lowest BCUT2D eigenvalue weighted by molar-refractivity contribution is -0.274. The number of halogens is 4. The number of alkyl halides is 3. The van der Waals surface area contributed by atoms with Crippen LogP contribution in [0.25, 0.3) is 0 Å². The fourth-order valence-corrected chi connectivity index (χ4v) is 1.69. The van der Waals surface area contributed by atoms with Gasteiger partial charge in [0.2, 0.25) is 5.91 Å². The van der Waals surface area contributed by atoms with Gasteiger partial charge in [0.15, 0.2) is 0 Å². The van der Waals surface area contributed by atoms with E-state index in [9.17, 15) is 18.0 Å². The summed E-state index contributed by atoms with van der Waals surface area (Å²) in [4.78, 5) is 11.5. The van der Waals surface area contributed by atoms with Crippen molar-refractivity contribution in [2.45, 2.75) is 26.3 Å². The topological polar surface area (TPSA) is 47.6 Å². The van der Waals surface area contributed by atoms with Crippen molar-refractivity contribution in [3.05, 3.63) is 22.7 Å². The first-order chi connectivity index (χ1) is 9.17. The van der Waals surface area contributed by atoms with Crippen LogP contribution in [-0.4, -0.2) is 25.0 Å². The summed E-state index contributed by atoms with van der Waals surface area (Å²) in [5, 5.41) is 2.50. The highest BCUT2D eigenvalue weighted by Gasteiger charge is 2.31. The van der Waals surface area contributed by atoms with Gasteiger partial charge in [-0.3, -0.25) is 4.79 Å². The van der Waals surface area contributed by atoms with E-state index in [0.717, 1.165) is 6.07 Å². The van der Waals surface area contributed by atoms with Crippen LogP contribution in [0, 0.1) is 0 Å². The van der Waals surface area contributed by atoms with Crippen molar-refractivity contribution in [1.82, 2.24) is 0 Å². The number of carbonyl (C=O) groups is 1. The maximum absolute atomic E-state index is 12.1. The number of anilines is 1.